The molecule has 2 saturated heterocycles. The molecule has 2 aliphatic heterocycles. The predicted molar refractivity (Wildman–Crippen MR) is 76.1 cm³/mol. The summed E-state index contributed by atoms with van der Waals surface area (Å²) < 4.78 is 0. The van der Waals surface area contributed by atoms with Crippen LogP contribution >= 0.6 is 12.4 Å². The van der Waals surface area contributed by atoms with Gasteiger partial charge in [-0.1, -0.05) is 6.08 Å². The van der Waals surface area contributed by atoms with Crippen LogP contribution < -0.4 is 10.6 Å². The van der Waals surface area contributed by atoms with Crippen molar-refractivity contribution in [3.05, 3.63) is 12.7 Å². The van der Waals surface area contributed by atoms with E-state index in [-0.39, 0.29) is 24.4 Å². The highest BCUT2D eigenvalue weighted by atomic mass is 35.5. The summed E-state index contributed by atoms with van der Waals surface area (Å²) in [4.78, 5) is 14.2. The van der Waals surface area contributed by atoms with Crippen LogP contribution in [-0.2, 0) is 4.79 Å². The van der Waals surface area contributed by atoms with Gasteiger partial charge in [0, 0.05) is 31.7 Å². The zero-order chi connectivity index (χ0) is 12.3. The number of rotatable bonds is 4. The Morgan fingerprint density at radius 1 is 1.50 bits per heavy atom. The fourth-order valence-corrected chi connectivity index (χ4v) is 2.81. The first-order valence-corrected chi connectivity index (χ1v) is 6.59. The maximum Gasteiger partial charge on any atom is 0.237 e. The van der Waals surface area contributed by atoms with E-state index in [1.54, 1.807) is 6.08 Å². The van der Waals surface area contributed by atoms with E-state index in [1.807, 2.05) is 6.92 Å². The average Bonchev–Trinajstić information content (AvgIpc) is 2.65. The smallest absolute Gasteiger partial charge is 0.237 e. The molecule has 0 spiro atoms. The first kappa shape index (κ1) is 15.5. The predicted octanol–water partition coefficient (Wildman–Crippen LogP) is 0.925. The Morgan fingerprint density at radius 3 is 2.94 bits per heavy atom. The van der Waals surface area contributed by atoms with Crippen molar-refractivity contribution in [2.75, 3.05) is 19.6 Å². The number of hydrogen-bond acceptors (Lipinski definition) is 3. The summed E-state index contributed by atoms with van der Waals surface area (Å²) >= 11 is 0. The van der Waals surface area contributed by atoms with E-state index in [0.717, 1.165) is 19.5 Å². The molecule has 1 amide bonds. The number of hydrogen-bond donors (Lipinski definition) is 2. The van der Waals surface area contributed by atoms with Crippen molar-refractivity contribution in [2.45, 2.75) is 44.3 Å². The standard InChI is InChI=1S/C13H23N3O.ClH/c1-3-7-14-13(17)10(2)16-8-6-11-4-5-12(9-16)15-11;/h3,10-12,15H,1,4-9H2,2H3,(H,14,17);1H. The van der Waals surface area contributed by atoms with Crippen LogP contribution in [0.25, 0.3) is 0 Å². The number of carbonyl (C=O) groups excluding carboxylic acids is 1. The lowest BCUT2D eigenvalue weighted by Gasteiger charge is -2.29. The van der Waals surface area contributed by atoms with Crippen molar-refractivity contribution in [1.82, 2.24) is 15.5 Å². The van der Waals surface area contributed by atoms with Crippen LogP contribution in [0.15, 0.2) is 12.7 Å². The Morgan fingerprint density at radius 2 is 2.22 bits per heavy atom. The molecule has 0 radical (unpaired) electrons. The van der Waals surface area contributed by atoms with Gasteiger partial charge in [-0.2, -0.15) is 0 Å². The molecule has 2 bridgehead atoms. The van der Waals surface area contributed by atoms with Crippen molar-refractivity contribution in [1.29, 1.82) is 0 Å². The molecule has 3 atom stereocenters. The normalized spacial score (nSPS) is 28.9. The van der Waals surface area contributed by atoms with E-state index < -0.39 is 0 Å². The zero-order valence-corrected chi connectivity index (χ0v) is 11.8. The Kier molecular flexibility index (Phi) is 6.12. The summed E-state index contributed by atoms with van der Waals surface area (Å²) in [5.74, 6) is 0.114. The fourth-order valence-electron chi connectivity index (χ4n) is 2.81. The van der Waals surface area contributed by atoms with Crippen LogP contribution in [0.1, 0.15) is 26.2 Å². The first-order valence-electron chi connectivity index (χ1n) is 6.59. The second kappa shape index (κ2) is 7.12. The summed E-state index contributed by atoms with van der Waals surface area (Å²) in [6, 6.07) is 1.22. The van der Waals surface area contributed by atoms with Gasteiger partial charge in [-0.05, 0) is 26.2 Å². The Balaban J connectivity index is 0.00000162. The van der Waals surface area contributed by atoms with Gasteiger partial charge in [0.05, 0.1) is 6.04 Å². The lowest BCUT2D eigenvalue weighted by molar-refractivity contribution is -0.125. The van der Waals surface area contributed by atoms with Gasteiger partial charge in [-0.15, -0.1) is 19.0 Å². The SMILES string of the molecule is C=CCNC(=O)C(C)N1CCC2CCC(C1)N2.Cl. The second-order valence-corrected chi connectivity index (χ2v) is 5.13. The molecule has 0 saturated carbocycles. The van der Waals surface area contributed by atoms with Crippen molar-refractivity contribution in [3.63, 3.8) is 0 Å². The molecule has 2 N–H and O–H groups in total. The summed E-state index contributed by atoms with van der Waals surface area (Å²) in [5.41, 5.74) is 0. The highest BCUT2D eigenvalue weighted by Gasteiger charge is 2.32. The van der Waals surface area contributed by atoms with Crippen molar-refractivity contribution < 1.29 is 4.79 Å². The maximum atomic E-state index is 11.9. The van der Waals surface area contributed by atoms with Crippen LogP contribution in [-0.4, -0.2) is 48.6 Å². The zero-order valence-electron chi connectivity index (χ0n) is 11.0. The fraction of sp³-hybridized carbons (Fsp3) is 0.769. The van der Waals surface area contributed by atoms with Gasteiger partial charge in [0.2, 0.25) is 5.91 Å². The number of amides is 1. The summed E-state index contributed by atoms with van der Waals surface area (Å²) in [6.45, 7) is 8.19. The van der Waals surface area contributed by atoms with Crippen LogP contribution in [0, 0.1) is 0 Å². The van der Waals surface area contributed by atoms with Gasteiger partial charge in [0.1, 0.15) is 0 Å². The minimum absolute atomic E-state index is 0. The molecule has 18 heavy (non-hydrogen) atoms. The number of nitrogens with zero attached hydrogens (tertiary/aromatic N) is 1. The Hall–Kier alpha value is -0.580. The van der Waals surface area contributed by atoms with E-state index in [4.69, 9.17) is 0 Å². The second-order valence-electron chi connectivity index (χ2n) is 5.13. The molecule has 4 nitrogen and oxygen atoms in total. The van der Waals surface area contributed by atoms with Crippen LogP contribution in [0.2, 0.25) is 0 Å². The van der Waals surface area contributed by atoms with Crippen LogP contribution in [0.5, 0.6) is 0 Å². The molecule has 5 heteroatoms. The van der Waals surface area contributed by atoms with E-state index in [0.29, 0.717) is 18.6 Å². The lowest BCUT2D eigenvalue weighted by atomic mass is 10.1. The summed E-state index contributed by atoms with van der Waals surface area (Å²) in [5, 5.41) is 6.50. The number of fused-ring (bicyclic) bond motifs is 2. The molecule has 2 fully saturated rings. The van der Waals surface area contributed by atoms with E-state index >= 15 is 0 Å². The van der Waals surface area contributed by atoms with E-state index in [2.05, 4.69) is 22.1 Å². The summed E-state index contributed by atoms with van der Waals surface area (Å²) in [7, 11) is 0. The van der Waals surface area contributed by atoms with Gasteiger partial charge in [-0.3, -0.25) is 9.69 Å². The highest BCUT2D eigenvalue weighted by molar-refractivity contribution is 5.85. The third kappa shape index (κ3) is 3.70. The topological polar surface area (TPSA) is 44.4 Å². The van der Waals surface area contributed by atoms with Crippen molar-refractivity contribution >= 4 is 18.3 Å². The van der Waals surface area contributed by atoms with Crippen molar-refractivity contribution in [3.8, 4) is 0 Å². The largest absolute Gasteiger partial charge is 0.351 e. The first-order chi connectivity index (χ1) is 8.20. The number of halogens is 1. The Bertz CT molecular complexity index is 298. The molecule has 104 valence electrons. The molecular formula is C13H24ClN3O. The number of carbonyl (C=O) groups is 1. The number of likely N-dealkylation sites (tertiary alicyclic amines) is 1. The van der Waals surface area contributed by atoms with Gasteiger partial charge >= 0.3 is 0 Å². The molecule has 0 aromatic carbocycles. The van der Waals surface area contributed by atoms with Gasteiger partial charge in [-0.25, -0.2) is 0 Å². The quantitative estimate of drug-likeness (QED) is 0.749. The molecule has 0 aliphatic carbocycles. The van der Waals surface area contributed by atoms with Crippen LogP contribution in [0.3, 0.4) is 0 Å². The molecular weight excluding hydrogens is 250 g/mol. The molecule has 2 rings (SSSR count). The van der Waals surface area contributed by atoms with Crippen LogP contribution in [0.4, 0.5) is 0 Å². The molecule has 3 unspecified atom stereocenters. The maximum absolute atomic E-state index is 11.9. The van der Waals surface area contributed by atoms with E-state index in [1.165, 1.54) is 12.8 Å². The van der Waals surface area contributed by atoms with Gasteiger partial charge in [0.15, 0.2) is 0 Å². The van der Waals surface area contributed by atoms with E-state index in [9.17, 15) is 4.79 Å². The lowest BCUT2D eigenvalue weighted by Crippen LogP contribution is -2.48. The third-order valence-electron chi connectivity index (χ3n) is 3.90. The Labute approximate surface area is 116 Å². The highest BCUT2D eigenvalue weighted by Crippen LogP contribution is 2.21. The monoisotopic (exact) mass is 273 g/mol. The molecule has 2 aliphatic rings. The van der Waals surface area contributed by atoms with Crippen molar-refractivity contribution in [2.24, 2.45) is 0 Å². The number of nitrogens with one attached hydrogen (secondary N) is 2. The molecule has 2 heterocycles. The summed E-state index contributed by atoms with van der Waals surface area (Å²) in [6.07, 6.45) is 5.43. The minimum atomic E-state index is -0.0314. The molecule has 0 aromatic heterocycles. The molecule has 0 aromatic rings. The third-order valence-corrected chi connectivity index (χ3v) is 3.90. The average molecular weight is 274 g/mol. The minimum Gasteiger partial charge on any atom is -0.351 e. The van der Waals surface area contributed by atoms with Gasteiger partial charge < -0.3 is 10.6 Å². The van der Waals surface area contributed by atoms with Gasteiger partial charge in [0.25, 0.3) is 0 Å².